The molecule has 1 saturated heterocycles. The Morgan fingerprint density at radius 2 is 1.80 bits per heavy atom. The highest BCUT2D eigenvalue weighted by atomic mass is 16.6. The Morgan fingerprint density at radius 1 is 1.11 bits per heavy atom. The van der Waals surface area contributed by atoms with Crippen molar-refractivity contribution in [3.63, 3.8) is 0 Å². The molecule has 0 radical (unpaired) electrons. The van der Waals surface area contributed by atoms with Crippen molar-refractivity contribution >= 4 is 12.1 Å². The zero-order valence-corrected chi connectivity index (χ0v) is 21.2. The van der Waals surface area contributed by atoms with Crippen LogP contribution >= 0.6 is 0 Å². The molecule has 4 unspecified atom stereocenters. The van der Waals surface area contributed by atoms with E-state index in [2.05, 4.69) is 5.32 Å². The van der Waals surface area contributed by atoms with E-state index in [1.54, 1.807) is 0 Å². The molecule has 0 saturated carbocycles. The summed E-state index contributed by atoms with van der Waals surface area (Å²) in [7, 11) is 0. The number of amides is 1. The fraction of sp³-hybridized carbons (Fsp3) is 0.500. The van der Waals surface area contributed by atoms with E-state index in [1.165, 1.54) is 0 Å². The van der Waals surface area contributed by atoms with Crippen LogP contribution in [0.15, 0.2) is 54.6 Å². The smallest absolute Gasteiger partial charge is 0.408 e. The Hall–Kier alpha value is -2.90. The minimum absolute atomic E-state index is 0.0608. The van der Waals surface area contributed by atoms with E-state index in [4.69, 9.17) is 14.2 Å². The standard InChI is InChI=1S/C28H37NO6/c1-18(2)22-15-24(34-26(22)31)23(30)17-33-16-19-10-9-13-21(14-19)25(20-11-7-6-8-12-20)29-27(32)35-28(3,4)5/h6-14,18,22-25,30H,15-17H2,1-5H3,(H,29,32). The molecule has 35 heavy (non-hydrogen) atoms. The van der Waals surface area contributed by atoms with Gasteiger partial charge in [0.1, 0.15) is 17.8 Å². The van der Waals surface area contributed by atoms with Crippen molar-refractivity contribution in [2.24, 2.45) is 11.8 Å². The van der Waals surface area contributed by atoms with E-state index >= 15 is 0 Å². The maximum atomic E-state index is 12.5. The molecular formula is C28H37NO6. The second-order valence-electron chi connectivity index (χ2n) is 10.4. The van der Waals surface area contributed by atoms with Gasteiger partial charge in [0.15, 0.2) is 0 Å². The van der Waals surface area contributed by atoms with Gasteiger partial charge in [0.05, 0.1) is 25.2 Å². The average Bonchev–Trinajstić information content (AvgIpc) is 3.19. The summed E-state index contributed by atoms with van der Waals surface area (Å²) in [6.07, 6.45) is -1.41. The normalized spacial score (nSPS) is 19.8. The molecule has 2 aromatic carbocycles. The molecule has 1 aliphatic heterocycles. The van der Waals surface area contributed by atoms with Crippen LogP contribution in [0.4, 0.5) is 4.79 Å². The predicted molar refractivity (Wildman–Crippen MR) is 133 cm³/mol. The van der Waals surface area contributed by atoms with Crippen molar-refractivity contribution < 1.29 is 28.9 Å². The number of hydrogen-bond acceptors (Lipinski definition) is 6. The van der Waals surface area contributed by atoms with Gasteiger partial charge < -0.3 is 24.6 Å². The molecule has 1 aliphatic rings. The second-order valence-corrected chi connectivity index (χ2v) is 10.4. The first-order valence-electron chi connectivity index (χ1n) is 12.1. The summed E-state index contributed by atoms with van der Waals surface area (Å²) in [6, 6.07) is 17.0. The van der Waals surface area contributed by atoms with E-state index in [9.17, 15) is 14.7 Å². The van der Waals surface area contributed by atoms with Crippen molar-refractivity contribution in [3.05, 3.63) is 71.3 Å². The lowest BCUT2D eigenvalue weighted by molar-refractivity contribution is -0.150. The lowest BCUT2D eigenvalue weighted by Gasteiger charge is -2.24. The Morgan fingerprint density at radius 3 is 2.43 bits per heavy atom. The van der Waals surface area contributed by atoms with Gasteiger partial charge in [-0.25, -0.2) is 4.79 Å². The van der Waals surface area contributed by atoms with E-state index in [0.29, 0.717) is 6.42 Å². The van der Waals surface area contributed by atoms with Crippen LogP contribution in [-0.4, -0.2) is 41.6 Å². The molecule has 4 atom stereocenters. The largest absolute Gasteiger partial charge is 0.459 e. The maximum Gasteiger partial charge on any atom is 0.408 e. The van der Waals surface area contributed by atoms with Gasteiger partial charge in [0.2, 0.25) is 0 Å². The molecule has 190 valence electrons. The SMILES string of the molecule is CC(C)C1CC(C(O)COCc2cccc(C(NC(=O)OC(C)(C)C)c3ccccc3)c2)OC1=O. The minimum Gasteiger partial charge on any atom is -0.459 e. The fourth-order valence-corrected chi connectivity index (χ4v) is 4.11. The summed E-state index contributed by atoms with van der Waals surface area (Å²) in [5, 5.41) is 13.4. The first-order chi connectivity index (χ1) is 16.5. The summed E-state index contributed by atoms with van der Waals surface area (Å²) < 4.78 is 16.6. The first kappa shape index (κ1) is 26.7. The van der Waals surface area contributed by atoms with Crippen LogP contribution < -0.4 is 5.32 Å². The summed E-state index contributed by atoms with van der Waals surface area (Å²) in [4.78, 5) is 24.5. The summed E-state index contributed by atoms with van der Waals surface area (Å²) in [6.45, 7) is 9.76. The number of alkyl carbamates (subject to hydrolysis) is 1. The molecule has 0 aliphatic carbocycles. The summed E-state index contributed by atoms with van der Waals surface area (Å²) in [5.74, 6) is -0.255. The van der Waals surface area contributed by atoms with Crippen LogP contribution in [-0.2, 0) is 25.6 Å². The average molecular weight is 484 g/mol. The lowest BCUT2D eigenvalue weighted by Crippen LogP contribution is -2.35. The molecule has 2 aromatic rings. The zero-order valence-electron chi connectivity index (χ0n) is 21.2. The number of rotatable bonds is 9. The first-order valence-corrected chi connectivity index (χ1v) is 12.1. The maximum absolute atomic E-state index is 12.5. The molecular weight excluding hydrogens is 446 g/mol. The van der Waals surface area contributed by atoms with Gasteiger partial charge in [-0.1, -0.05) is 68.4 Å². The topological polar surface area (TPSA) is 94.1 Å². The third-order valence-electron chi connectivity index (χ3n) is 5.93. The van der Waals surface area contributed by atoms with Gasteiger partial charge in [-0.15, -0.1) is 0 Å². The highest BCUT2D eigenvalue weighted by Gasteiger charge is 2.39. The lowest BCUT2D eigenvalue weighted by atomic mass is 9.91. The van der Waals surface area contributed by atoms with Gasteiger partial charge >= 0.3 is 12.1 Å². The molecule has 0 aromatic heterocycles. The van der Waals surface area contributed by atoms with Crippen LogP contribution in [0.5, 0.6) is 0 Å². The summed E-state index contributed by atoms with van der Waals surface area (Å²) in [5.41, 5.74) is 2.10. The van der Waals surface area contributed by atoms with Crippen LogP contribution in [0.1, 0.15) is 63.8 Å². The number of carbonyl (C=O) groups is 2. The second kappa shape index (κ2) is 11.7. The summed E-state index contributed by atoms with van der Waals surface area (Å²) >= 11 is 0. The van der Waals surface area contributed by atoms with E-state index < -0.39 is 29.9 Å². The molecule has 1 amide bonds. The highest BCUT2D eigenvalue weighted by molar-refractivity contribution is 5.75. The Labute approximate surface area is 207 Å². The van der Waals surface area contributed by atoms with Crippen LogP contribution in [0.2, 0.25) is 0 Å². The van der Waals surface area contributed by atoms with Gasteiger partial charge in [0.25, 0.3) is 0 Å². The molecule has 0 spiro atoms. The fourth-order valence-electron chi connectivity index (χ4n) is 4.11. The van der Waals surface area contributed by atoms with Crippen LogP contribution in [0, 0.1) is 11.8 Å². The quantitative estimate of drug-likeness (QED) is 0.499. The molecule has 1 fully saturated rings. The van der Waals surface area contributed by atoms with Crippen molar-refractivity contribution in [2.45, 2.75) is 71.5 Å². The Bertz CT molecular complexity index is 984. The van der Waals surface area contributed by atoms with Crippen molar-refractivity contribution in [1.82, 2.24) is 5.32 Å². The Balaban J connectivity index is 1.64. The van der Waals surface area contributed by atoms with Gasteiger partial charge in [-0.05, 0) is 43.4 Å². The highest BCUT2D eigenvalue weighted by Crippen LogP contribution is 2.29. The molecule has 0 bridgehead atoms. The minimum atomic E-state index is -0.878. The number of hydrogen-bond donors (Lipinski definition) is 2. The number of aliphatic hydroxyl groups excluding tert-OH is 1. The van der Waals surface area contributed by atoms with Crippen LogP contribution in [0.25, 0.3) is 0 Å². The van der Waals surface area contributed by atoms with Crippen LogP contribution in [0.3, 0.4) is 0 Å². The van der Waals surface area contributed by atoms with Crippen molar-refractivity contribution in [3.8, 4) is 0 Å². The monoisotopic (exact) mass is 483 g/mol. The number of ether oxygens (including phenoxy) is 3. The van der Waals surface area contributed by atoms with E-state index in [1.807, 2.05) is 89.2 Å². The van der Waals surface area contributed by atoms with E-state index in [-0.39, 0.29) is 31.0 Å². The van der Waals surface area contributed by atoms with Crippen molar-refractivity contribution in [1.29, 1.82) is 0 Å². The molecule has 2 N–H and O–H groups in total. The third-order valence-corrected chi connectivity index (χ3v) is 5.93. The number of esters is 1. The van der Waals surface area contributed by atoms with Gasteiger partial charge in [-0.3, -0.25) is 4.79 Å². The predicted octanol–water partition coefficient (Wildman–Crippen LogP) is 4.77. The molecule has 3 rings (SSSR count). The number of nitrogens with one attached hydrogen (secondary N) is 1. The Kier molecular flexibility index (Phi) is 8.92. The number of cyclic esters (lactones) is 1. The molecule has 7 heteroatoms. The number of aliphatic hydroxyl groups is 1. The van der Waals surface area contributed by atoms with Crippen molar-refractivity contribution in [2.75, 3.05) is 6.61 Å². The zero-order chi connectivity index (χ0) is 25.6. The molecule has 7 nitrogen and oxygen atoms in total. The van der Waals surface area contributed by atoms with Gasteiger partial charge in [-0.2, -0.15) is 0 Å². The van der Waals surface area contributed by atoms with Gasteiger partial charge in [0, 0.05) is 6.42 Å². The molecule has 1 heterocycles. The number of benzene rings is 2. The third kappa shape index (κ3) is 7.80. The number of carbonyl (C=O) groups excluding carboxylic acids is 2. The van der Waals surface area contributed by atoms with E-state index in [0.717, 1.165) is 16.7 Å².